The Balaban J connectivity index is 1.43. The fraction of sp³-hybridized carbons (Fsp3) is 0.500. The first-order valence-electron chi connectivity index (χ1n) is 9.27. The molecule has 0 bridgehead atoms. The second-order valence-corrected chi connectivity index (χ2v) is 8.42. The second-order valence-electron chi connectivity index (χ2n) is 7.48. The van der Waals surface area contributed by atoms with Gasteiger partial charge in [-0.05, 0) is 70.0 Å². The van der Waals surface area contributed by atoms with Crippen molar-refractivity contribution in [1.82, 2.24) is 9.88 Å². The number of benzene rings is 1. The highest BCUT2D eigenvalue weighted by atomic mass is 32.1. The first-order chi connectivity index (χ1) is 12.6. The third-order valence-corrected chi connectivity index (χ3v) is 6.66. The van der Waals surface area contributed by atoms with Gasteiger partial charge in [0, 0.05) is 23.3 Å². The van der Waals surface area contributed by atoms with Crippen molar-refractivity contribution in [2.75, 3.05) is 24.5 Å². The minimum atomic E-state index is -0.265. The van der Waals surface area contributed by atoms with Crippen LogP contribution in [0, 0.1) is 18.2 Å². The number of likely N-dealkylation sites (tertiary alicyclic amines) is 1. The van der Waals surface area contributed by atoms with Gasteiger partial charge in [0.2, 0.25) is 5.91 Å². The summed E-state index contributed by atoms with van der Waals surface area (Å²) in [6.07, 6.45) is 3.77. The Hall–Kier alpha value is -1.79. The Morgan fingerprint density at radius 2 is 1.88 bits per heavy atom. The molecular formula is C20H24FN3OS. The first kappa shape index (κ1) is 17.6. The minimum Gasteiger partial charge on any atom is -0.312 e. The van der Waals surface area contributed by atoms with Gasteiger partial charge in [-0.1, -0.05) is 0 Å². The lowest BCUT2D eigenvalue weighted by atomic mass is 9.71. The summed E-state index contributed by atoms with van der Waals surface area (Å²) in [6, 6.07) is 6.30. The Bertz CT molecular complexity index is 781. The van der Waals surface area contributed by atoms with Crippen LogP contribution in [-0.4, -0.2) is 35.4 Å². The van der Waals surface area contributed by atoms with E-state index in [-0.39, 0.29) is 17.1 Å². The number of amides is 1. The number of anilines is 1. The van der Waals surface area contributed by atoms with Crippen LogP contribution < -0.4 is 4.90 Å². The van der Waals surface area contributed by atoms with Crippen molar-refractivity contribution in [2.24, 2.45) is 5.41 Å². The summed E-state index contributed by atoms with van der Waals surface area (Å²) in [6.45, 7) is 5.50. The van der Waals surface area contributed by atoms with Gasteiger partial charge >= 0.3 is 0 Å². The highest BCUT2D eigenvalue weighted by Gasteiger charge is 2.46. The summed E-state index contributed by atoms with van der Waals surface area (Å²) in [5.74, 6) is -0.0428. The molecule has 0 saturated carbocycles. The number of rotatable bonds is 3. The molecule has 138 valence electrons. The number of nitrogens with zero attached hydrogens (tertiary/aromatic N) is 3. The van der Waals surface area contributed by atoms with Gasteiger partial charge < -0.3 is 4.90 Å². The highest BCUT2D eigenvalue weighted by Crippen LogP contribution is 2.42. The number of hydrogen-bond donors (Lipinski definition) is 0. The van der Waals surface area contributed by atoms with Crippen molar-refractivity contribution < 1.29 is 9.18 Å². The summed E-state index contributed by atoms with van der Waals surface area (Å²) in [4.78, 5) is 22.1. The van der Waals surface area contributed by atoms with Crippen LogP contribution in [0.1, 0.15) is 36.4 Å². The van der Waals surface area contributed by atoms with E-state index in [1.165, 1.54) is 12.1 Å². The molecule has 2 fully saturated rings. The summed E-state index contributed by atoms with van der Waals surface area (Å²) >= 11 is 1.71. The SMILES string of the molecule is Cc1csc(CN2CCC3(CCCN(c4ccc(F)cc4)C3=O)CC2)n1. The molecule has 6 heteroatoms. The van der Waals surface area contributed by atoms with Crippen molar-refractivity contribution >= 4 is 22.9 Å². The molecule has 3 heterocycles. The number of halogens is 1. The molecule has 2 aromatic rings. The third-order valence-electron chi connectivity index (χ3n) is 5.71. The van der Waals surface area contributed by atoms with E-state index in [4.69, 9.17) is 0 Å². The van der Waals surface area contributed by atoms with Crippen molar-refractivity contribution in [3.63, 3.8) is 0 Å². The lowest BCUT2D eigenvalue weighted by Crippen LogP contribution is -2.53. The average Bonchev–Trinajstić information content (AvgIpc) is 3.05. The van der Waals surface area contributed by atoms with Crippen molar-refractivity contribution in [2.45, 2.75) is 39.2 Å². The minimum absolute atomic E-state index is 0.222. The van der Waals surface area contributed by atoms with Crippen LogP contribution in [0.15, 0.2) is 29.6 Å². The second kappa shape index (κ2) is 7.08. The molecule has 4 nitrogen and oxygen atoms in total. The smallest absolute Gasteiger partial charge is 0.233 e. The fourth-order valence-electron chi connectivity index (χ4n) is 4.21. The molecule has 2 aliphatic heterocycles. The van der Waals surface area contributed by atoms with Crippen LogP contribution in [0.25, 0.3) is 0 Å². The van der Waals surface area contributed by atoms with Crippen LogP contribution in [0.4, 0.5) is 10.1 Å². The van der Waals surface area contributed by atoms with Crippen LogP contribution in [0.2, 0.25) is 0 Å². The summed E-state index contributed by atoms with van der Waals surface area (Å²) in [5.41, 5.74) is 1.65. The largest absolute Gasteiger partial charge is 0.312 e. The van der Waals surface area contributed by atoms with Crippen LogP contribution in [0.5, 0.6) is 0 Å². The molecule has 0 unspecified atom stereocenters. The zero-order valence-corrected chi connectivity index (χ0v) is 15.9. The number of hydrogen-bond acceptors (Lipinski definition) is 4. The predicted molar refractivity (Wildman–Crippen MR) is 102 cm³/mol. The number of carbonyl (C=O) groups is 1. The maximum Gasteiger partial charge on any atom is 0.233 e. The molecule has 0 radical (unpaired) electrons. The monoisotopic (exact) mass is 373 g/mol. The van der Waals surface area contributed by atoms with Gasteiger partial charge in [0.15, 0.2) is 0 Å². The van der Waals surface area contributed by atoms with E-state index in [2.05, 4.69) is 15.3 Å². The maximum atomic E-state index is 13.3. The van der Waals surface area contributed by atoms with Gasteiger partial charge in [0.1, 0.15) is 10.8 Å². The van der Waals surface area contributed by atoms with E-state index in [0.717, 1.165) is 68.3 Å². The topological polar surface area (TPSA) is 36.4 Å². The van der Waals surface area contributed by atoms with Gasteiger partial charge in [-0.2, -0.15) is 0 Å². The Kier molecular flexibility index (Phi) is 4.80. The Morgan fingerprint density at radius 1 is 1.15 bits per heavy atom. The van der Waals surface area contributed by atoms with Crippen LogP contribution in [-0.2, 0) is 11.3 Å². The molecule has 2 aliphatic rings. The van der Waals surface area contributed by atoms with Crippen molar-refractivity contribution in [1.29, 1.82) is 0 Å². The molecule has 0 atom stereocenters. The van der Waals surface area contributed by atoms with Gasteiger partial charge in [-0.15, -0.1) is 11.3 Å². The van der Waals surface area contributed by atoms with E-state index >= 15 is 0 Å². The lowest BCUT2D eigenvalue weighted by molar-refractivity contribution is -0.133. The number of aryl methyl sites for hydroxylation is 1. The van der Waals surface area contributed by atoms with E-state index in [1.54, 1.807) is 23.5 Å². The third kappa shape index (κ3) is 3.40. The van der Waals surface area contributed by atoms with E-state index in [0.29, 0.717) is 0 Å². The number of aromatic nitrogens is 1. The molecule has 1 aromatic heterocycles. The fourth-order valence-corrected chi connectivity index (χ4v) is 5.02. The number of carbonyl (C=O) groups excluding carboxylic acids is 1. The molecule has 1 spiro atoms. The van der Waals surface area contributed by atoms with Crippen molar-refractivity contribution in [3.8, 4) is 0 Å². The number of piperidine rings is 2. The quantitative estimate of drug-likeness (QED) is 0.816. The highest BCUT2D eigenvalue weighted by molar-refractivity contribution is 7.09. The molecular weight excluding hydrogens is 349 g/mol. The first-order valence-corrected chi connectivity index (χ1v) is 10.1. The van der Waals surface area contributed by atoms with Gasteiger partial charge in [0.25, 0.3) is 0 Å². The maximum absolute atomic E-state index is 13.3. The standard InChI is InChI=1S/C20H24FN3OS/c1-15-14-26-18(22-15)13-23-11-8-20(9-12-23)7-2-10-24(19(20)25)17-5-3-16(21)4-6-17/h3-6,14H,2,7-13H2,1H3. The van der Waals surface area contributed by atoms with Crippen molar-refractivity contribution in [3.05, 3.63) is 46.2 Å². The summed E-state index contributed by atoms with van der Waals surface area (Å²) < 4.78 is 13.2. The lowest BCUT2D eigenvalue weighted by Gasteiger charge is -2.46. The van der Waals surface area contributed by atoms with Gasteiger partial charge in [0.05, 0.1) is 12.0 Å². The number of thiazole rings is 1. The Labute approximate surface area is 157 Å². The Morgan fingerprint density at radius 3 is 2.54 bits per heavy atom. The predicted octanol–water partition coefficient (Wildman–Crippen LogP) is 4.00. The van der Waals surface area contributed by atoms with E-state index < -0.39 is 0 Å². The zero-order chi connectivity index (χ0) is 18.1. The molecule has 4 rings (SSSR count). The zero-order valence-electron chi connectivity index (χ0n) is 15.1. The molecule has 1 amide bonds. The summed E-state index contributed by atoms with van der Waals surface area (Å²) in [5, 5.41) is 3.24. The average molecular weight is 373 g/mol. The molecule has 0 aliphatic carbocycles. The molecule has 1 aromatic carbocycles. The molecule has 26 heavy (non-hydrogen) atoms. The molecule has 2 saturated heterocycles. The van der Waals surface area contributed by atoms with E-state index in [9.17, 15) is 9.18 Å². The van der Waals surface area contributed by atoms with Gasteiger partial charge in [-0.3, -0.25) is 9.69 Å². The molecule has 0 N–H and O–H groups in total. The van der Waals surface area contributed by atoms with Crippen LogP contribution >= 0.6 is 11.3 Å². The van der Waals surface area contributed by atoms with E-state index in [1.807, 2.05) is 11.8 Å². The van der Waals surface area contributed by atoms with Crippen LogP contribution in [0.3, 0.4) is 0 Å². The normalized spacial score (nSPS) is 20.7. The summed E-state index contributed by atoms with van der Waals surface area (Å²) in [7, 11) is 0. The van der Waals surface area contributed by atoms with Gasteiger partial charge in [-0.25, -0.2) is 9.37 Å².